The van der Waals surface area contributed by atoms with Gasteiger partial charge in [0.1, 0.15) is 6.29 Å². The molecule has 0 unspecified atom stereocenters. The molecule has 0 spiro atoms. The summed E-state index contributed by atoms with van der Waals surface area (Å²) in [4.78, 5) is 34.8. The monoisotopic (exact) mass is 371 g/mol. The van der Waals surface area contributed by atoms with Gasteiger partial charge in [-0.2, -0.15) is 0 Å². The Morgan fingerprint density at radius 2 is 1.81 bits per heavy atom. The van der Waals surface area contributed by atoms with Crippen LogP contribution in [-0.2, 0) is 14.3 Å². The Kier molecular flexibility index (Phi) is 6.93. The molecule has 0 radical (unpaired) electrons. The highest BCUT2D eigenvalue weighted by Crippen LogP contribution is 2.27. The van der Waals surface area contributed by atoms with Crippen LogP contribution in [0.15, 0.2) is 42.5 Å². The molecule has 2 rings (SSSR count). The Labute approximate surface area is 157 Å². The molecule has 0 fully saturated rings. The van der Waals surface area contributed by atoms with Crippen molar-refractivity contribution in [3.05, 3.63) is 53.6 Å². The summed E-state index contributed by atoms with van der Waals surface area (Å²) >= 11 is 0. The second-order valence-corrected chi connectivity index (χ2v) is 5.80. The van der Waals surface area contributed by atoms with Crippen molar-refractivity contribution in [3.63, 3.8) is 0 Å². The summed E-state index contributed by atoms with van der Waals surface area (Å²) < 4.78 is 15.5. The van der Waals surface area contributed by atoms with Crippen molar-refractivity contribution in [2.45, 2.75) is 20.0 Å². The molecule has 0 heterocycles. The smallest absolute Gasteiger partial charge is 0.344 e. The van der Waals surface area contributed by atoms with Gasteiger partial charge >= 0.3 is 5.97 Å². The highest BCUT2D eigenvalue weighted by molar-refractivity contribution is 5.95. The van der Waals surface area contributed by atoms with E-state index >= 15 is 0 Å². The lowest BCUT2D eigenvalue weighted by Gasteiger charge is -2.15. The first-order valence-electron chi connectivity index (χ1n) is 8.26. The number of rotatable bonds is 8. The SMILES string of the molecule is COc1cc(C=O)ccc1OCC(=O)O[C@H](C)C(=O)Nc1ccc(C)cc1. The van der Waals surface area contributed by atoms with Gasteiger partial charge in [-0.25, -0.2) is 4.79 Å². The number of hydrogen-bond donors (Lipinski definition) is 1. The number of nitrogens with one attached hydrogen (secondary N) is 1. The van der Waals surface area contributed by atoms with Crippen LogP contribution in [0.4, 0.5) is 5.69 Å². The molecule has 0 aromatic heterocycles. The van der Waals surface area contributed by atoms with E-state index in [2.05, 4.69) is 5.32 Å². The lowest BCUT2D eigenvalue weighted by Crippen LogP contribution is -2.31. The van der Waals surface area contributed by atoms with Gasteiger partial charge in [-0.05, 0) is 44.2 Å². The highest BCUT2D eigenvalue weighted by atomic mass is 16.6. The zero-order valence-electron chi connectivity index (χ0n) is 15.4. The van der Waals surface area contributed by atoms with E-state index in [1.165, 1.54) is 32.2 Å². The average molecular weight is 371 g/mol. The quantitative estimate of drug-likeness (QED) is 0.567. The topological polar surface area (TPSA) is 90.9 Å². The van der Waals surface area contributed by atoms with Gasteiger partial charge in [0, 0.05) is 11.3 Å². The molecule has 0 aliphatic rings. The van der Waals surface area contributed by atoms with Gasteiger partial charge < -0.3 is 19.5 Å². The summed E-state index contributed by atoms with van der Waals surface area (Å²) in [6, 6.07) is 11.8. The Balaban J connectivity index is 1.86. The van der Waals surface area contributed by atoms with Crippen molar-refractivity contribution in [1.82, 2.24) is 0 Å². The fourth-order valence-electron chi connectivity index (χ4n) is 2.18. The van der Waals surface area contributed by atoms with Crippen LogP contribution in [0.5, 0.6) is 11.5 Å². The number of anilines is 1. The minimum atomic E-state index is -0.985. The maximum atomic E-state index is 12.1. The molecule has 0 saturated heterocycles. The van der Waals surface area contributed by atoms with E-state index in [9.17, 15) is 14.4 Å². The van der Waals surface area contributed by atoms with Crippen LogP contribution in [0.2, 0.25) is 0 Å². The molecular formula is C20H21NO6. The summed E-state index contributed by atoms with van der Waals surface area (Å²) in [6.45, 7) is 3.01. The normalized spacial score (nSPS) is 11.2. The molecule has 7 heteroatoms. The number of hydrogen-bond acceptors (Lipinski definition) is 6. The minimum Gasteiger partial charge on any atom is -0.493 e. The molecule has 0 bridgehead atoms. The van der Waals surface area contributed by atoms with Gasteiger partial charge in [0.05, 0.1) is 7.11 Å². The number of aldehydes is 1. The van der Waals surface area contributed by atoms with Crippen molar-refractivity contribution in [2.24, 2.45) is 0 Å². The third kappa shape index (κ3) is 5.85. The van der Waals surface area contributed by atoms with Crippen molar-refractivity contribution >= 4 is 23.9 Å². The predicted octanol–water partition coefficient (Wildman–Crippen LogP) is 2.77. The highest BCUT2D eigenvalue weighted by Gasteiger charge is 2.19. The number of methoxy groups -OCH3 is 1. The van der Waals surface area contributed by atoms with E-state index in [0.717, 1.165) is 5.56 Å². The third-order valence-corrected chi connectivity index (χ3v) is 3.67. The van der Waals surface area contributed by atoms with Crippen molar-refractivity contribution in [1.29, 1.82) is 0 Å². The van der Waals surface area contributed by atoms with Crippen LogP contribution in [-0.4, -0.2) is 38.0 Å². The Bertz CT molecular complexity index is 816. The molecular weight excluding hydrogens is 350 g/mol. The van der Waals surface area contributed by atoms with Crippen LogP contribution >= 0.6 is 0 Å². The fraction of sp³-hybridized carbons (Fsp3) is 0.250. The number of aryl methyl sites for hydroxylation is 1. The number of esters is 1. The number of benzene rings is 2. The second kappa shape index (κ2) is 9.38. The number of ether oxygens (including phenoxy) is 3. The molecule has 7 nitrogen and oxygen atoms in total. The van der Waals surface area contributed by atoms with Gasteiger partial charge in [-0.15, -0.1) is 0 Å². The first-order valence-corrected chi connectivity index (χ1v) is 8.26. The van der Waals surface area contributed by atoms with Gasteiger partial charge in [0.15, 0.2) is 24.2 Å². The van der Waals surface area contributed by atoms with E-state index in [4.69, 9.17) is 14.2 Å². The molecule has 2 aromatic rings. The largest absolute Gasteiger partial charge is 0.493 e. The second-order valence-electron chi connectivity index (χ2n) is 5.80. The molecule has 0 aliphatic carbocycles. The molecule has 2 aromatic carbocycles. The number of amides is 1. The van der Waals surface area contributed by atoms with Gasteiger partial charge in [-0.1, -0.05) is 17.7 Å². The number of carbonyl (C=O) groups is 3. The standard InChI is InChI=1S/C20H21NO6/c1-13-4-7-16(8-5-13)21-20(24)14(2)27-19(23)12-26-17-9-6-15(11-22)10-18(17)25-3/h4-11,14H,12H2,1-3H3,(H,21,24)/t14-/m1/s1. The van der Waals surface area contributed by atoms with Crippen LogP contribution < -0.4 is 14.8 Å². The Morgan fingerprint density at radius 1 is 1.11 bits per heavy atom. The lowest BCUT2D eigenvalue weighted by molar-refractivity contribution is -0.155. The third-order valence-electron chi connectivity index (χ3n) is 3.67. The van der Waals surface area contributed by atoms with E-state index in [1.54, 1.807) is 12.1 Å². The summed E-state index contributed by atoms with van der Waals surface area (Å²) in [5.41, 5.74) is 2.11. The summed E-state index contributed by atoms with van der Waals surface area (Å²) in [7, 11) is 1.42. The van der Waals surface area contributed by atoms with E-state index in [1.807, 2.05) is 19.1 Å². The summed E-state index contributed by atoms with van der Waals surface area (Å²) in [5.74, 6) is -0.544. The maximum Gasteiger partial charge on any atom is 0.344 e. The predicted molar refractivity (Wildman–Crippen MR) is 99.2 cm³/mol. The average Bonchev–Trinajstić information content (AvgIpc) is 2.67. The Hall–Kier alpha value is -3.35. The first kappa shape index (κ1) is 20.0. The molecule has 1 N–H and O–H groups in total. The van der Waals surface area contributed by atoms with Crippen LogP contribution in [0.1, 0.15) is 22.8 Å². The van der Waals surface area contributed by atoms with Crippen molar-refractivity contribution < 1.29 is 28.6 Å². The molecule has 0 saturated carbocycles. The molecule has 1 amide bonds. The summed E-state index contributed by atoms with van der Waals surface area (Å²) in [6.07, 6.45) is -0.309. The molecule has 27 heavy (non-hydrogen) atoms. The maximum absolute atomic E-state index is 12.1. The van der Waals surface area contributed by atoms with Crippen LogP contribution in [0.25, 0.3) is 0 Å². The molecule has 1 atom stereocenters. The zero-order valence-corrected chi connectivity index (χ0v) is 15.4. The molecule has 0 aliphatic heterocycles. The molecule has 142 valence electrons. The lowest BCUT2D eigenvalue weighted by atomic mass is 10.2. The number of carbonyl (C=O) groups excluding carboxylic acids is 3. The zero-order chi connectivity index (χ0) is 19.8. The van der Waals surface area contributed by atoms with E-state index in [0.29, 0.717) is 23.3 Å². The van der Waals surface area contributed by atoms with E-state index in [-0.39, 0.29) is 5.75 Å². The first-order chi connectivity index (χ1) is 12.9. The van der Waals surface area contributed by atoms with Crippen molar-refractivity contribution in [2.75, 3.05) is 19.0 Å². The van der Waals surface area contributed by atoms with Gasteiger partial charge in [0.2, 0.25) is 0 Å². The van der Waals surface area contributed by atoms with Crippen LogP contribution in [0, 0.1) is 6.92 Å². The van der Waals surface area contributed by atoms with Crippen molar-refractivity contribution in [3.8, 4) is 11.5 Å². The van der Waals surface area contributed by atoms with Gasteiger partial charge in [0.25, 0.3) is 5.91 Å². The minimum absolute atomic E-state index is 0.289. The van der Waals surface area contributed by atoms with E-state index < -0.39 is 24.6 Å². The van der Waals surface area contributed by atoms with Gasteiger partial charge in [-0.3, -0.25) is 9.59 Å². The Morgan fingerprint density at radius 3 is 2.44 bits per heavy atom. The van der Waals surface area contributed by atoms with Crippen LogP contribution in [0.3, 0.4) is 0 Å². The fourth-order valence-corrected chi connectivity index (χ4v) is 2.18. The summed E-state index contributed by atoms with van der Waals surface area (Å²) in [5, 5.41) is 2.67.